The Morgan fingerprint density at radius 3 is 2.88 bits per heavy atom. The minimum absolute atomic E-state index is 0.222. The van der Waals surface area contributed by atoms with Crippen molar-refractivity contribution in [2.45, 2.75) is 56.9 Å². The van der Waals surface area contributed by atoms with E-state index in [2.05, 4.69) is 31.2 Å². The van der Waals surface area contributed by atoms with Crippen LogP contribution in [-0.4, -0.2) is 6.04 Å². The first-order valence-electron chi connectivity index (χ1n) is 7.06. The molecule has 0 spiro atoms. The lowest BCUT2D eigenvalue weighted by molar-refractivity contribution is 0.202. The second kappa shape index (κ2) is 4.13. The number of hydrogen-bond donors (Lipinski definition) is 1. The van der Waals surface area contributed by atoms with Crippen LogP contribution in [0.1, 0.15) is 50.2 Å². The molecule has 0 heterocycles. The highest BCUT2D eigenvalue weighted by Gasteiger charge is 2.43. The van der Waals surface area contributed by atoms with Crippen molar-refractivity contribution >= 4 is 0 Å². The quantitative estimate of drug-likeness (QED) is 0.725. The molecule has 17 heavy (non-hydrogen) atoms. The predicted molar refractivity (Wildman–Crippen MR) is 72.0 cm³/mol. The molecule has 0 radical (unpaired) electrons. The van der Waals surface area contributed by atoms with E-state index in [4.69, 9.17) is 5.73 Å². The van der Waals surface area contributed by atoms with Gasteiger partial charge in [0.25, 0.3) is 0 Å². The second-order valence-electron chi connectivity index (χ2n) is 6.16. The molecule has 0 amide bonds. The van der Waals surface area contributed by atoms with Crippen LogP contribution in [0.15, 0.2) is 24.3 Å². The first-order valence-corrected chi connectivity index (χ1v) is 7.06. The Hall–Kier alpha value is -0.820. The van der Waals surface area contributed by atoms with Crippen molar-refractivity contribution in [1.82, 2.24) is 0 Å². The van der Waals surface area contributed by atoms with Gasteiger partial charge in [-0.25, -0.2) is 0 Å². The molecule has 1 aromatic carbocycles. The Labute approximate surface area is 104 Å². The molecule has 1 aromatic rings. The van der Waals surface area contributed by atoms with Crippen molar-refractivity contribution in [1.29, 1.82) is 0 Å². The third kappa shape index (κ3) is 1.72. The van der Waals surface area contributed by atoms with Gasteiger partial charge < -0.3 is 5.73 Å². The number of rotatable bonds is 0. The van der Waals surface area contributed by atoms with Crippen molar-refractivity contribution in [3.8, 4) is 0 Å². The molecule has 92 valence electrons. The van der Waals surface area contributed by atoms with E-state index < -0.39 is 0 Å². The van der Waals surface area contributed by atoms with E-state index in [-0.39, 0.29) is 5.41 Å². The smallest absolute Gasteiger partial charge is 0.0165 e. The standard InChI is InChI=1S/C16H23N/c1-16-10-6-2-3-8-13(15(16)17)11-12-7-4-5-9-14(12)16/h4-5,7,9,13,15H,2-3,6,8,10-11,17H2,1H3. The Morgan fingerprint density at radius 2 is 2.00 bits per heavy atom. The Kier molecular flexibility index (Phi) is 2.74. The minimum atomic E-state index is 0.222. The fourth-order valence-corrected chi connectivity index (χ4v) is 4.02. The van der Waals surface area contributed by atoms with Crippen molar-refractivity contribution in [2.24, 2.45) is 11.7 Å². The third-order valence-electron chi connectivity index (χ3n) is 5.13. The lowest BCUT2D eigenvalue weighted by Crippen LogP contribution is -2.52. The van der Waals surface area contributed by atoms with Gasteiger partial charge in [0.05, 0.1) is 0 Å². The third-order valence-corrected chi connectivity index (χ3v) is 5.13. The van der Waals surface area contributed by atoms with Crippen LogP contribution >= 0.6 is 0 Å². The van der Waals surface area contributed by atoms with Crippen molar-refractivity contribution in [2.75, 3.05) is 0 Å². The van der Waals surface area contributed by atoms with Gasteiger partial charge in [0, 0.05) is 11.5 Å². The summed E-state index contributed by atoms with van der Waals surface area (Å²) in [6.07, 6.45) is 7.89. The average molecular weight is 229 g/mol. The molecule has 1 nitrogen and oxygen atoms in total. The maximum atomic E-state index is 6.60. The molecule has 0 saturated heterocycles. The molecule has 0 aliphatic heterocycles. The number of hydrogen-bond acceptors (Lipinski definition) is 1. The van der Waals surface area contributed by atoms with Gasteiger partial charge in [-0.1, -0.05) is 50.5 Å². The van der Waals surface area contributed by atoms with Crippen LogP contribution in [0.3, 0.4) is 0 Å². The van der Waals surface area contributed by atoms with E-state index in [0.717, 1.165) is 0 Å². The highest BCUT2D eigenvalue weighted by molar-refractivity contribution is 5.39. The Morgan fingerprint density at radius 1 is 1.18 bits per heavy atom. The van der Waals surface area contributed by atoms with Crippen LogP contribution in [0.2, 0.25) is 0 Å². The molecule has 1 fully saturated rings. The zero-order chi connectivity index (χ0) is 11.9. The molecule has 2 bridgehead atoms. The van der Waals surface area contributed by atoms with Crippen LogP contribution in [0.4, 0.5) is 0 Å². The zero-order valence-corrected chi connectivity index (χ0v) is 10.8. The highest BCUT2D eigenvalue weighted by atomic mass is 14.7. The SMILES string of the molecule is CC12CCCCCC(Cc3ccccc31)C2N. The summed E-state index contributed by atoms with van der Waals surface area (Å²) < 4.78 is 0. The molecule has 2 aliphatic rings. The summed E-state index contributed by atoms with van der Waals surface area (Å²) in [4.78, 5) is 0. The van der Waals surface area contributed by atoms with Crippen molar-refractivity contribution in [3.63, 3.8) is 0 Å². The zero-order valence-electron chi connectivity index (χ0n) is 10.8. The molecule has 1 heteroatoms. The molecule has 3 atom stereocenters. The summed E-state index contributed by atoms with van der Waals surface area (Å²) in [6.45, 7) is 2.40. The summed E-state index contributed by atoms with van der Waals surface area (Å²) in [5.74, 6) is 0.704. The van der Waals surface area contributed by atoms with E-state index in [0.29, 0.717) is 12.0 Å². The normalized spacial score (nSPS) is 36.8. The summed E-state index contributed by atoms with van der Waals surface area (Å²) in [6, 6.07) is 9.34. The Balaban J connectivity index is 2.09. The van der Waals surface area contributed by atoms with E-state index in [1.54, 1.807) is 5.56 Å². The summed E-state index contributed by atoms with van der Waals surface area (Å²) >= 11 is 0. The summed E-state index contributed by atoms with van der Waals surface area (Å²) in [7, 11) is 0. The van der Waals surface area contributed by atoms with Crippen LogP contribution < -0.4 is 5.73 Å². The van der Waals surface area contributed by atoms with E-state index in [1.165, 1.54) is 44.1 Å². The molecular weight excluding hydrogens is 206 g/mol. The maximum absolute atomic E-state index is 6.60. The van der Waals surface area contributed by atoms with Gasteiger partial charge in [0.15, 0.2) is 0 Å². The second-order valence-corrected chi connectivity index (χ2v) is 6.16. The molecule has 3 unspecified atom stereocenters. The first kappa shape index (κ1) is 11.3. The maximum Gasteiger partial charge on any atom is 0.0165 e. The number of fused-ring (bicyclic) bond motifs is 4. The first-order chi connectivity index (χ1) is 8.22. The lowest BCUT2D eigenvalue weighted by atomic mass is 9.60. The molecule has 3 rings (SSSR count). The van der Waals surface area contributed by atoms with Crippen molar-refractivity contribution < 1.29 is 0 Å². The summed E-state index contributed by atoms with van der Waals surface area (Å²) in [5, 5.41) is 0. The van der Waals surface area contributed by atoms with E-state index in [9.17, 15) is 0 Å². The van der Waals surface area contributed by atoms with Gasteiger partial charge in [-0.3, -0.25) is 0 Å². The largest absolute Gasteiger partial charge is 0.327 e. The van der Waals surface area contributed by atoms with Gasteiger partial charge in [-0.2, -0.15) is 0 Å². The number of nitrogens with two attached hydrogens (primary N) is 1. The highest BCUT2D eigenvalue weighted by Crippen LogP contribution is 2.45. The van der Waals surface area contributed by atoms with E-state index >= 15 is 0 Å². The van der Waals surface area contributed by atoms with Crippen molar-refractivity contribution in [3.05, 3.63) is 35.4 Å². The lowest BCUT2D eigenvalue weighted by Gasteiger charge is -2.47. The van der Waals surface area contributed by atoms with Gasteiger partial charge in [0.2, 0.25) is 0 Å². The van der Waals surface area contributed by atoms with Crippen LogP contribution in [0.25, 0.3) is 0 Å². The topological polar surface area (TPSA) is 26.0 Å². The molecular formula is C16H23N. The Bertz CT molecular complexity index is 412. The molecule has 2 aliphatic carbocycles. The fraction of sp³-hybridized carbons (Fsp3) is 0.625. The van der Waals surface area contributed by atoms with Gasteiger partial charge in [0.1, 0.15) is 0 Å². The summed E-state index contributed by atoms with van der Waals surface area (Å²) in [5.41, 5.74) is 9.92. The van der Waals surface area contributed by atoms with Crippen LogP contribution in [-0.2, 0) is 11.8 Å². The average Bonchev–Trinajstić information content (AvgIpc) is 2.35. The molecule has 1 saturated carbocycles. The molecule has 0 aromatic heterocycles. The van der Waals surface area contributed by atoms with Gasteiger partial charge in [-0.15, -0.1) is 0 Å². The monoisotopic (exact) mass is 229 g/mol. The van der Waals surface area contributed by atoms with Gasteiger partial charge >= 0.3 is 0 Å². The predicted octanol–water partition coefficient (Wildman–Crippen LogP) is 3.41. The van der Waals surface area contributed by atoms with Crippen LogP contribution in [0.5, 0.6) is 0 Å². The molecule has 2 N–H and O–H groups in total. The number of benzene rings is 1. The fourth-order valence-electron chi connectivity index (χ4n) is 4.02. The van der Waals surface area contributed by atoms with E-state index in [1.807, 2.05) is 0 Å². The van der Waals surface area contributed by atoms with Crippen LogP contribution in [0, 0.1) is 5.92 Å². The van der Waals surface area contributed by atoms with Gasteiger partial charge in [-0.05, 0) is 36.3 Å². The minimum Gasteiger partial charge on any atom is -0.327 e.